The summed E-state index contributed by atoms with van der Waals surface area (Å²) in [5, 5.41) is 3.26. The number of nitrogens with zero attached hydrogens (tertiary/aromatic N) is 2. The molecule has 0 spiro atoms. The van der Waals surface area contributed by atoms with Gasteiger partial charge in [-0.15, -0.1) is 0 Å². The SMILES string of the molecule is O=C(NCc1ccccn1)[C@@H](c1ccccc1)N(Cc1ccc(F)cc1)C(=O)COc1ccccc1Cl. The molecule has 0 bridgehead atoms. The van der Waals surface area contributed by atoms with Crippen molar-refractivity contribution in [3.05, 3.63) is 131 Å². The normalized spacial score (nSPS) is 11.4. The Morgan fingerprint density at radius 3 is 2.32 bits per heavy atom. The van der Waals surface area contributed by atoms with Gasteiger partial charge in [0.25, 0.3) is 5.91 Å². The van der Waals surface area contributed by atoms with Gasteiger partial charge in [0.2, 0.25) is 5.91 Å². The molecule has 0 aliphatic rings. The van der Waals surface area contributed by atoms with E-state index in [2.05, 4.69) is 10.3 Å². The second kappa shape index (κ2) is 12.6. The van der Waals surface area contributed by atoms with E-state index < -0.39 is 17.8 Å². The lowest BCUT2D eigenvalue weighted by Crippen LogP contribution is -2.45. The van der Waals surface area contributed by atoms with Gasteiger partial charge in [0, 0.05) is 12.7 Å². The summed E-state index contributed by atoms with van der Waals surface area (Å²) in [6, 6.07) is 26.1. The van der Waals surface area contributed by atoms with Crippen LogP contribution in [0.25, 0.3) is 0 Å². The lowest BCUT2D eigenvalue weighted by Gasteiger charge is -2.31. The molecule has 2 amide bonds. The van der Waals surface area contributed by atoms with Crippen molar-refractivity contribution >= 4 is 23.4 Å². The number of pyridine rings is 1. The van der Waals surface area contributed by atoms with Crippen LogP contribution in [-0.2, 0) is 22.7 Å². The molecule has 4 rings (SSSR count). The number of ether oxygens (including phenoxy) is 1. The van der Waals surface area contributed by atoms with Crippen LogP contribution in [0.15, 0.2) is 103 Å². The van der Waals surface area contributed by atoms with Gasteiger partial charge in [-0.05, 0) is 47.5 Å². The molecular weight excluding hydrogens is 493 g/mol. The van der Waals surface area contributed by atoms with Crippen molar-refractivity contribution < 1.29 is 18.7 Å². The van der Waals surface area contributed by atoms with E-state index in [4.69, 9.17) is 16.3 Å². The summed E-state index contributed by atoms with van der Waals surface area (Å²) in [4.78, 5) is 32.8. The van der Waals surface area contributed by atoms with Crippen molar-refractivity contribution in [2.75, 3.05) is 6.61 Å². The Bertz CT molecular complexity index is 1320. The van der Waals surface area contributed by atoms with Crippen molar-refractivity contribution in [1.29, 1.82) is 0 Å². The van der Waals surface area contributed by atoms with E-state index in [1.807, 2.05) is 12.1 Å². The molecule has 8 heteroatoms. The monoisotopic (exact) mass is 517 g/mol. The van der Waals surface area contributed by atoms with Gasteiger partial charge in [0.05, 0.1) is 17.3 Å². The zero-order valence-corrected chi connectivity index (χ0v) is 20.6. The highest BCUT2D eigenvalue weighted by Gasteiger charge is 2.32. The highest BCUT2D eigenvalue weighted by atomic mass is 35.5. The lowest BCUT2D eigenvalue weighted by molar-refractivity contribution is -0.143. The summed E-state index contributed by atoms with van der Waals surface area (Å²) in [7, 11) is 0. The summed E-state index contributed by atoms with van der Waals surface area (Å²) < 4.78 is 19.3. The summed E-state index contributed by atoms with van der Waals surface area (Å²) in [5.41, 5.74) is 1.96. The van der Waals surface area contributed by atoms with Gasteiger partial charge in [0.1, 0.15) is 17.6 Å². The number of rotatable bonds is 10. The van der Waals surface area contributed by atoms with E-state index in [1.165, 1.54) is 17.0 Å². The fraction of sp³-hybridized carbons (Fsp3) is 0.138. The van der Waals surface area contributed by atoms with E-state index in [0.717, 1.165) is 0 Å². The molecule has 1 atom stereocenters. The van der Waals surface area contributed by atoms with E-state index in [-0.39, 0.29) is 25.6 Å². The third-order valence-corrected chi connectivity index (χ3v) is 5.93. The minimum atomic E-state index is -0.975. The molecule has 0 fully saturated rings. The predicted molar refractivity (Wildman–Crippen MR) is 139 cm³/mol. The first-order valence-electron chi connectivity index (χ1n) is 11.6. The summed E-state index contributed by atoms with van der Waals surface area (Å²) in [6.07, 6.45) is 1.65. The molecule has 0 unspecified atom stereocenters. The first kappa shape index (κ1) is 25.9. The fourth-order valence-electron chi connectivity index (χ4n) is 3.78. The van der Waals surface area contributed by atoms with Crippen LogP contribution in [0.3, 0.4) is 0 Å². The predicted octanol–water partition coefficient (Wildman–Crippen LogP) is 5.34. The van der Waals surface area contributed by atoms with Crippen LogP contribution in [0.5, 0.6) is 5.75 Å². The number of hydrogen-bond donors (Lipinski definition) is 1. The smallest absolute Gasteiger partial charge is 0.261 e. The third-order valence-electron chi connectivity index (χ3n) is 5.62. The molecule has 0 saturated carbocycles. The summed E-state index contributed by atoms with van der Waals surface area (Å²) in [5.74, 6) is -0.859. The molecule has 0 saturated heterocycles. The molecular formula is C29H25ClFN3O3. The molecule has 4 aromatic rings. The fourth-order valence-corrected chi connectivity index (χ4v) is 3.97. The van der Waals surface area contributed by atoms with Gasteiger partial charge in [-0.1, -0.05) is 72.3 Å². The van der Waals surface area contributed by atoms with Crippen LogP contribution in [0.2, 0.25) is 5.02 Å². The van der Waals surface area contributed by atoms with Gasteiger partial charge in [-0.3, -0.25) is 14.6 Å². The molecule has 0 aliphatic heterocycles. The van der Waals surface area contributed by atoms with Crippen LogP contribution in [0.1, 0.15) is 22.9 Å². The Labute approximate surface area is 219 Å². The van der Waals surface area contributed by atoms with E-state index in [9.17, 15) is 14.0 Å². The van der Waals surface area contributed by atoms with E-state index in [1.54, 1.807) is 79.0 Å². The number of para-hydroxylation sites is 1. The number of benzene rings is 3. The van der Waals surface area contributed by atoms with Gasteiger partial charge in [-0.25, -0.2) is 4.39 Å². The Balaban J connectivity index is 1.63. The summed E-state index contributed by atoms with van der Waals surface area (Å²) >= 11 is 6.18. The lowest BCUT2D eigenvalue weighted by atomic mass is 10.0. The topological polar surface area (TPSA) is 71.5 Å². The second-order valence-electron chi connectivity index (χ2n) is 8.22. The van der Waals surface area contributed by atoms with Crippen LogP contribution < -0.4 is 10.1 Å². The maximum absolute atomic E-state index is 13.6. The van der Waals surface area contributed by atoms with Crippen LogP contribution in [-0.4, -0.2) is 28.3 Å². The van der Waals surface area contributed by atoms with Crippen LogP contribution in [0.4, 0.5) is 4.39 Å². The standard InChI is InChI=1S/C29H25ClFN3O3/c30-25-11-4-5-12-26(25)37-20-27(35)34(19-21-13-15-23(31)16-14-21)28(22-8-2-1-3-9-22)29(36)33-18-24-10-6-7-17-32-24/h1-17,28H,18-20H2,(H,33,36)/t28-/m1/s1. The van der Waals surface area contributed by atoms with E-state index in [0.29, 0.717) is 27.6 Å². The second-order valence-corrected chi connectivity index (χ2v) is 8.63. The van der Waals surface area contributed by atoms with Crippen molar-refractivity contribution in [2.24, 2.45) is 0 Å². The number of hydrogen-bond acceptors (Lipinski definition) is 4. The van der Waals surface area contributed by atoms with Gasteiger partial charge >= 0.3 is 0 Å². The third kappa shape index (κ3) is 7.15. The van der Waals surface area contributed by atoms with Crippen molar-refractivity contribution in [3.63, 3.8) is 0 Å². The first-order chi connectivity index (χ1) is 18.0. The largest absolute Gasteiger partial charge is 0.482 e. The zero-order valence-electron chi connectivity index (χ0n) is 19.9. The molecule has 6 nitrogen and oxygen atoms in total. The van der Waals surface area contributed by atoms with Crippen LogP contribution in [0, 0.1) is 5.82 Å². The average molecular weight is 518 g/mol. The molecule has 0 aliphatic carbocycles. The molecule has 37 heavy (non-hydrogen) atoms. The first-order valence-corrected chi connectivity index (χ1v) is 12.0. The zero-order chi connectivity index (χ0) is 26.0. The maximum atomic E-state index is 13.6. The minimum absolute atomic E-state index is 0.0571. The van der Waals surface area contributed by atoms with Gasteiger partial charge in [-0.2, -0.15) is 0 Å². The number of aromatic nitrogens is 1. The maximum Gasteiger partial charge on any atom is 0.261 e. The van der Waals surface area contributed by atoms with Gasteiger partial charge < -0.3 is 15.0 Å². The van der Waals surface area contributed by atoms with Crippen molar-refractivity contribution in [3.8, 4) is 5.75 Å². The Morgan fingerprint density at radius 2 is 1.62 bits per heavy atom. The molecule has 188 valence electrons. The Kier molecular flexibility index (Phi) is 8.84. The molecule has 3 aromatic carbocycles. The number of amides is 2. The summed E-state index contributed by atoms with van der Waals surface area (Å²) in [6.45, 7) is -0.0962. The highest BCUT2D eigenvalue weighted by molar-refractivity contribution is 6.32. The van der Waals surface area contributed by atoms with Crippen LogP contribution >= 0.6 is 11.6 Å². The van der Waals surface area contributed by atoms with Gasteiger partial charge in [0.15, 0.2) is 6.61 Å². The molecule has 1 aromatic heterocycles. The van der Waals surface area contributed by atoms with Crippen molar-refractivity contribution in [2.45, 2.75) is 19.1 Å². The highest BCUT2D eigenvalue weighted by Crippen LogP contribution is 2.26. The number of carbonyl (C=O) groups excluding carboxylic acids is 2. The number of carbonyl (C=O) groups is 2. The quantitative estimate of drug-likeness (QED) is 0.308. The average Bonchev–Trinajstić information content (AvgIpc) is 2.93. The molecule has 0 radical (unpaired) electrons. The molecule has 1 N–H and O–H groups in total. The Hall–Kier alpha value is -4.23. The Morgan fingerprint density at radius 1 is 0.919 bits per heavy atom. The minimum Gasteiger partial charge on any atom is -0.482 e. The molecule has 1 heterocycles. The van der Waals surface area contributed by atoms with E-state index >= 15 is 0 Å². The van der Waals surface area contributed by atoms with Crippen molar-refractivity contribution in [1.82, 2.24) is 15.2 Å². The number of nitrogens with one attached hydrogen (secondary N) is 1. The number of halogens is 2.